The molecule has 0 spiro atoms. The highest BCUT2D eigenvalue weighted by molar-refractivity contribution is 5.68. The number of phenolic OH excluding ortho intramolecular Hbond substituents is 1. The summed E-state index contributed by atoms with van der Waals surface area (Å²) in [5.41, 5.74) is 8.80. The molecule has 0 aromatic heterocycles. The average molecular weight is 330 g/mol. The van der Waals surface area contributed by atoms with Crippen molar-refractivity contribution in [2.75, 3.05) is 32.8 Å². The third kappa shape index (κ3) is 2.39. The Labute approximate surface area is 141 Å². The molecule has 1 unspecified atom stereocenters. The van der Waals surface area contributed by atoms with Crippen LogP contribution in [0.25, 0.3) is 0 Å². The van der Waals surface area contributed by atoms with Crippen LogP contribution in [-0.4, -0.2) is 33.0 Å². The van der Waals surface area contributed by atoms with E-state index in [1.807, 2.05) is 18.2 Å². The lowest BCUT2D eigenvalue weighted by molar-refractivity contribution is 0.322. The van der Waals surface area contributed by atoms with Crippen molar-refractivity contribution in [3.63, 3.8) is 0 Å². The van der Waals surface area contributed by atoms with Crippen molar-refractivity contribution in [3.05, 3.63) is 41.5 Å². The quantitative estimate of drug-likeness (QED) is 0.877. The molecule has 0 saturated heterocycles. The molecule has 0 aliphatic carbocycles. The molecule has 0 amide bonds. The normalized spacial score (nSPS) is 16.0. The Morgan fingerprint density at radius 3 is 2.42 bits per heavy atom. The van der Waals surface area contributed by atoms with Gasteiger partial charge in [-0.1, -0.05) is 12.1 Å². The summed E-state index contributed by atoms with van der Waals surface area (Å²) in [7, 11) is 4.79. The van der Waals surface area contributed by atoms with Gasteiger partial charge in [-0.05, 0) is 23.8 Å². The van der Waals surface area contributed by atoms with Gasteiger partial charge in [0.2, 0.25) is 5.75 Å². The number of para-hydroxylation sites is 2. The van der Waals surface area contributed by atoms with Crippen LogP contribution in [0.2, 0.25) is 0 Å². The lowest BCUT2D eigenvalue weighted by atomic mass is 10.0. The minimum absolute atomic E-state index is 0.0815. The number of anilines is 1. The smallest absolute Gasteiger partial charge is 0.203 e. The molecule has 0 radical (unpaired) electrons. The number of methoxy groups -OCH3 is 3. The number of hydrogen-bond donors (Lipinski definition) is 2. The summed E-state index contributed by atoms with van der Waals surface area (Å²) < 4.78 is 16.5. The van der Waals surface area contributed by atoms with E-state index >= 15 is 0 Å². The first-order valence-electron chi connectivity index (χ1n) is 7.72. The first-order valence-corrected chi connectivity index (χ1v) is 7.72. The Kier molecular flexibility index (Phi) is 4.40. The van der Waals surface area contributed by atoms with E-state index in [4.69, 9.17) is 19.9 Å². The van der Waals surface area contributed by atoms with Gasteiger partial charge in [0.15, 0.2) is 11.5 Å². The molecule has 24 heavy (non-hydrogen) atoms. The maximum atomic E-state index is 10.2. The number of aromatic hydroxyl groups is 1. The molecular weight excluding hydrogens is 308 g/mol. The van der Waals surface area contributed by atoms with Crippen LogP contribution in [0.4, 0.5) is 5.69 Å². The summed E-state index contributed by atoms with van der Waals surface area (Å²) in [5.74, 6) is 2.03. The summed E-state index contributed by atoms with van der Waals surface area (Å²) in [4.78, 5) is 2.07. The highest BCUT2D eigenvalue weighted by atomic mass is 16.5. The van der Waals surface area contributed by atoms with Crippen molar-refractivity contribution in [1.82, 2.24) is 0 Å². The Balaban J connectivity index is 2.16. The summed E-state index contributed by atoms with van der Waals surface area (Å²) >= 11 is 0. The van der Waals surface area contributed by atoms with Gasteiger partial charge in [-0.25, -0.2) is 0 Å². The van der Waals surface area contributed by atoms with Gasteiger partial charge in [0.05, 0.1) is 33.1 Å². The maximum Gasteiger partial charge on any atom is 0.203 e. The van der Waals surface area contributed by atoms with Crippen LogP contribution < -0.4 is 24.8 Å². The number of benzene rings is 2. The first kappa shape index (κ1) is 16.3. The third-order valence-corrected chi connectivity index (χ3v) is 4.45. The zero-order chi connectivity index (χ0) is 17.3. The largest absolute Gasteiger partial charge is 0.506 e. The minimum Gasteiger partial charge on any atom is -0.506 e. The SMILES string of the molecule is COc1cc2c(c(OC)c1OC)CN(c1ccccc1O)C2CN. The summed E-state index contributed by atoms with van der Waals surface area (Å²) in [6, 6.07) is 9.10. The molecule has 6 nitrogen and oxygen atoms in total. The Morgan fingerprint density at radius 1 is 1.12 bits per heavy atom. The Bertz CT molecular complexity index is 748. The van der Waals surface area contributed by atoms with Crippen LogP contribution in [0.3, 0.4) is 0 Å². The van der Waals surface area contributed by atoms with Crippen LogP contribution in [0, 0.1) is 0 Å². The van der Waals surface area contributed by atoms with Gasteiger partial charge < -0.3 is 30.0 Å². The molecule has 1 heterocycles. The van der Waals surface area contributed by atoms with Gasteiger partial charge in [0, 0.05) is 18.7 Å². The molecule has 0 saturated carbocycles. The molecular formula is C18H22N2O4. The lowest BCUT2D eigenvalue weighted by Gasteiger charge is -2.26. The van der Waals surface area contributed by atoms with Crippen molar-refractivity contribution >= 4 is 5.69 Å². The fraction of sp³-hybridized carbons (Fsp3) is 0.333. The number of rotatable bonds is 5. The zero-order valence-corrected chi connectivity index (χ0v) is 14.1. The topological polar surface area (TPSA) is 77.2 Å². The van der Waals surface area contributed by atoms with E-state index in [9.17, 15) is 5.11 Å². The second kappa shape index (κ2) is 6.49. The number of phenols is 1. The van der Waals surface area contributed by atoms with Crippen LogP contribution in [0.5, 0.6) is 23.0 Å². The highest BCUT2D eigenvalue weighted by Crippen LogP contribution is 2.50. The Hall–Kier alpha value is -2.60. The van der Waals surface area contributed by atoms with Crippen molar-refractivity contribution in [3.8, 4) is 23.0 Å². The molecule has 1 aliphatic rings. The molecule has 2 aromatic rings. The van der Waals surface area contributed by atoms with Crippen molar-refractivity contribution in [2.45, 2.75) is 12.6 Å². The second-order valence-corrected chi connectivity index (χ2v) is 5.58. The predicted octanol–water partition coefficient (Wildman–Crippen LogP) is 2.44. The fourth-order valence-corrected chi connectivity index (χ4v) is 3.36. The van der Waals surface area contributed by atoms with Crippen LogP contribution >= 0.6 is 0 Å². The van der Waals surface area contributed by atoms with Gasteiger partial charge in [-0.2, -0.15) is 0 Å². The molecule has 128 valence electrons. The molecule has 0 fully saturated rings. The highest BCUT2D eigenvalue weighted by Gasteiger charge is 2.35. The van der Waals surface area contributed by atoms with Gasteiger partial charge in [0.1, 0.15) is 5.75 Å². The molecule has 1 aliphatic heterocycles. The molecule has 6 heteroatoms. The van der Waals surface area contributed by atoms with E-state index in [-0.39, 0.29) is 11.8 Å². The molecule has 3 rings (SSSR count). The van der Waals surface area contributed by atoms with Crippen molar-refractivity contribution < 1.29 is 19.3 Å². The van der Waals surface area contributed by atoms with Crippen molar-refractivity contribution in [2.24, 2.45) is 5.73 Å². The minimum atomic E-state index is -0.0815. The lowest BCUT2D eigenvalue weighted by Crippen LogP contribution is -2.27. The van der Waals surface area contributed by atoms with Crippen LogP contribution in [0.15, 0.2) is 30.3 Å². The molecule has 1 atom stereocenters. The standard InChI is InChI=1S/C18H22N2O4/c1-22-16-8-11-12(17(23-2)18(16)24-3)10-20(14(11)9-19)13-6-4-5-7-15(13)21/h4-8,14,21H,9-10,19H2,1-3H3. The maximum absolute atomic E-state index is 10.2. The fourth-order valence-electron chi connectivity index (χ4n) is 3.36. The summed E-state index contributed by atoms with van der Waals surface area (Å²) in [6.45, 7) is 0.971. The molecule has 0 bridgehead atoms. The van der Waals surface area contributed by atoms with Crippen LogP contribution in [-0.2, 0) is 6.54 Å². The Morgan fingerprint density at radius 2 is 1.83 bits per heavy atom. The van der Waals surface area contributed by atoms with Crippen molar-refractivity contribution in [1.29, 1.82) is 0 Å². The van der Waals surface area contributed by atoms with Crippen LogP contribution in [0.1, 0.15) is 17.2 Å². The zero-order valence-electron chi connectivity index (χ0n) is 14.1. The monoisotopic (exact) mass is 330 g/mol. The number of ether oxygens (including phenoxy) is 3. The summed E-state index contributed by atoms with van der Waals surface area (Å²) in [6.07, 6.45) is 0. The number of hydrogen-bond acceptors (Lipinski definition) is 6. The third-order valence-electron chi connectivity index (χ3n) is 4.45. The number of fused-ring (bicyclic) bond motifs is 1. The van der Waals surface area contributed by atoms with E-state index in [1.54, 1.807) is 33.5 Å². The van der Waals surface area contributed by atoms with Gasteiger partial charge in [0.25, 0.3) is 0 Å². The molecule has 3 N–H and O–H groups in total. The van der Waals surface area contributed by atoms with E-state index in [1.165, 1.54) is 0 Å². The summed E-state index contributed by atoms with van der Waals surface area (Å²) in [5, 5.41) is 10.2. The second-order valence-electron chi connectivity index (χ2n) is 5.58. The number of nitrogens with two attached hydrogens (primary N) is 1. The van der Waals surface area contributed by atoms with E-state index in [2.05, 4.69) is 4.90 Å². The van der Waals surface area contributed by atoms with E-state index in [0.717, 1.165) is 16.8 Å². The predicted molar refractivity (Wildman–Crippen MR) is 92.2 cm³/mol. The van der Waals surface area contributed by atoms with Gasteiger partial charge in [-0.15, -0.1) is 0 Å². The van der Waals surface area contributed by atoms with E-state index < -0.39 is 0 Å². The van der Waals surface area contributed by atoms with E-state index in [0.29, 0.717) is 30.3 Å². The molecule has 2 aromatic carbocycles. The first-order chi connectivity index (χ1) is 11.7. The van der Waals surface area contributed by atoms with Gasteiger partial charge >= 0.3 is 0 Å². The average Bonchev–Trinajstić information content (AvgIpc) is 2.97. The number of nitrogens with zero attached hydrogens (tertiary/aromatic N) is 1. The van der Waals surface area contributed by atoms with Gasteiger partial charge in [-0.3, -0.25) is 0 Å².